The number of amides is 1. The summed E-state index contributed by atoms with van der Waals surface area (Å²) in [5.74, 6) is -1.30. The molecule has 0 bridgehead atoms. The zero-order chi connectivity index (χ0) is 14.4. The summed E-state index contributed by atoms with van der Waals surface area (Å²) in [6.07, 6.45) is 2.23. The first kappa shape index (κ1) is 13.8. The lowest BCUT2D eigenvalue weighted by atomic mass is 10.1. The first-order chi connectivity index (χ1) is 9.65. The number of carboxylic acid groups (broad SMARTS) is 1. The van der Waals surface area contributed by atoms with Gasteiger partial charge in [-0.25, -0.2) is 4.79 Å². The Bertz CT molecular complexity index is 593. The zero-order valence-corrected chi connectivity index (χ0v) is 10.8. The van der Waals surface area contributed by atoms with Crippen LogP contribution in [0.4, 0.5) is 0 Å². The fourth-order valence-corrected chi connectivity index (χ4v) is 1.76. The lowest BCUT2D eigenvalue weighted by molar-refractivity contribution is -0.121. The van der Waals surface area contributed by atoms with E-state index in [9.17, 15) is 9.59 Å². The van der Waals surface area contributed by atoms with Crippen LogP contribution in [0, 0.1) is 0 Å². The van der Waals surface area contributed by atoms with Crippen LogP contribution in [0.1, 0.15) is 16.1 Å². The highest BCUT2D eigenvalue weighted by atomic mass is 16.4. The SMILES string of the molecule is O=C(Cn1ccc(C(=O)O)n1)NCCc1ccccc1. The number of carboxylic acids is 1. The Hall–Kier alpha value is -2.63. The standard InChI is InChI=1S/C14H15N3O3/c18-13(10-17-9-7-12(16-17)14(19)20)15-8-6-11-4-2-1-3-5-11/h1-5,7,9H,6,8,10H2,(H,15,18)(H,19,20). The highest BCUT2D eigenvalue weighted by Crippen LogP contribution is 1.98. The Morgan fingerprint density at radius 1 is 1.20 bits per heavy atom. The van der Waals surface area contributed by atoms with Crippen molar-refractivity contribution in [1.82, 2.24) is 15.1 Å². The Morgan fingerprint density at radius 2 is 1.95 bits per heavy atom. The van der Waals surface area contributed by atoms with Gasteiger partial charge in [0.25, 0.3) is 0 Å². The summed E-state index contributed by atoms with van der Waals surface area (Å²) in [6.45, 7) is 0.554. The number of carbonyl (C=O) groups is 2. The number of aromatic carboxylic acids is 1. The molecule has 2 rings (SSSR count). The van der Waals surface area contributed by atoms with Crippen LogP contribution < -0.4 is 5.32 Å². The highest BCUT2D eigenvalue weighted by Gasteiger charge is 2.08. The number of hydrogen-bond acceptors (Lipinski definition) is 3. The van der Waals surface area contributed by atoms with Gasteiger partial charge in [-0.05, 0) is 18.1 Å². The molecule has 0 aliphatic rings. The second kappa shape index (κ2) is 6.51. The molecule has 0 aliphatic heterocycles. The van der Waals surface area contributed by atoms with Crippen LogP contribution in [0.25, 0.3) is 0 Å². The Labute approximate surface area is 116 Å². The Balaban J connectivity index is 1.76. The number of rotatable bonds is 6. The second-order valence-corrected chi connectivity index (χ2v) is 4.29. The van der Waals surface area contributed by atoms with Crippen molar-refractivity contribution < 1.29 is 14.7 Å². The van der Waals surface area contributed by atoms with Crippen molar-refractivity contribution >= 4 is 11.9 Å². The molecule has 20 heavy (non-hydrogen) atoms. The maximum Gasteiger partial charge on any atom is 0.356 e. The van der Waals surface area contributed by atoms with Crippen LogP contribution in [0.3, 0.4) is 0 Å². The van der Waals surface area contributed by atoms with Crippen LogP contribution in [0.2, 0.25) is 0 Å². The molecular weight excluding hydrogens is 258 g/mol. The van der Waals surface area contributed by atoms with E-state index in [0.717, 1.165) is 12.0 Å². The van der Waals surface area contributed by atoms with Gasteiger partial charge in [-0.3, -0.25) is 9.48 Å². The van der Waals surface area contributed by atoms with Crippen molar-refractivity contribution in [3.8, 4) is 0 Å². The van der Waals surface area contributed by atoms with Gasteiger partial charge in [-0.2, -0.15) is 5.10 Å². The molecule has 104 valence electrons. The summed E-state index contributed by atoms with van der Waals surface area (Å²) >= 11 is 0. The summed E-state index contributed by atoms with van der Waals surface area (Å²) in [5.41, 5.74) is 1.09. The fourth-order valence-electron chi connectivity index (χ4n) is 1.76. The van der Waals surface area contributed by atoms with E-state index < -0.39 is 5.97 Å². The topological polar surface area (TPSA) is 84.2 Å². The molecule has 0 atom stereocenters. The number of nitrogens with one attached hydrogen (secondary N) is 1. The smallest absolute Gasteiger partial charge is 0.356 e. The average molecular weight is 273 g/mol. The minimum absolute atomic E-state index is 0.0159. The molecule has 0 spiro atoms. The summed E-state index contributed by atoms with van der Waals surface area (Å²) < 4.78 is 1.31. The number of aromatic nitrogens is 2. The molecule has 2 N–H and O–H groups in total. The quantitative estimate of drug-likeness (QED) is 0.820. The minimum atomic E-state index is -1.10. The molecule has 0 radical (unpaired) electrons. The third-order valence-electron chi connectivity index (χ3n) is 2.74. The lowest BCUT2D eigenvalue weighted by Crippen LogP contribution is -2.29. The summed E-state index contributed by atoms with van der Waals surface area (Å²) in [7, 11) is 0. The van der Waals surface area contributed by atoms with Gasteiger partial charge in [0.15, 0.2) is 5.69 Å². The third kappa shape index (κ3) is 3.94. The molecule has 0 aliphatic carbocycles. The van der Waals surface area contributed by atoms with Crippen molar-refractivity contribution in [3.63, 3.8) is 0 Å². The maximum absolute atomic E-state index is 11.7. The van der Waals surface area contributed by atoms with Gasteiger partial charge in [0, 0.05) is 12.7 Å². The average Bonchev–Trinajstić information content (AvgIpc) is 2.88. The van der Waals surface area contributed by atoms with Crippen molar-refractivity contribution in [2.75, 3.05) is 6.54 Å². The molecule has 6 nitrogen and oxygen atoms in total. The van der Waals surface area contributed by atoms with E-state index in [-0.39, 0.29) is 18.1 Å². The van der Waals surface area contributed by atoms with Crippen LogP contribution >= 0.6 is 0 Å². The van der Waals surface area contributed by atoms with Gasteiger partial charge in [0.05, 0.1) is 0 Å². The number of benzene rings is 1. The molecule has 2 aromatic rings. The van der Waals surface area contributed by atoms with Gasteiger partial charge in [-0.1, -0.05) is 30.3 Å². The van der Waals surface area contributed by atoms with Crippen LogP contribution in [-0.2, 0) is 17.8 Å². The Morgan fingerprint density at radius 3 is 2.60 bits per heavy atom. The Kier molecular flexibility index (Phi) is 4.49. The van der Waals surface area contributed by atoms with Crippen LogP contribution in [0.15, 0.2) is 42.6 Å². The third-order valence-corrected chi connectivity index (χ3v) is 2.74. The molecule has 0 saturated carbocycles. The first-order valence-corrected chi connectivity index (χ1v) is 6.22. The number of carbonyl (C=O) groups excluding carboxylic acids is 1. The van der Waals surface area contributed by atoms with Gasteiger partial charge in [0.2, 0.25) is 5.91 Å². The summed E-state index contributed by atoms with van der Waals surface area (Å²) in [5, 5.41) is 15.3. The molecule has 1 heterocycles. The maximum atomic E-state index is 11.7. The lowest BCUT2D eigenvalue weighted by Gasteiger charge is -2.05. The molecule has 0 saturated heterocycles. The van der Waals surface area contributed by atoms with Crippen molar-refractivity contribution in [2.24, 2.45) is 0 Å². The van der Waals surface area contributed by atoms with E-state index in [1.165, 1.54) is 16.9 Å². The van der Waals surface area contributed by atoms with E-state index in [1.807, 2.05) is 30.3 Å². The molecule has 1 amide bonds. The van der Waals surface area contributed by atoms with Crippen LogP contribution in [-0.4, -0.2) is 33.3 Å². The van der Waals surface area contributed by atoms with Gasteiger partial charge < -0.3 is 10.4 Å². The van der Waals surface area contributed by atoms with E-state index in [0.29, 0.717) is 6.54 Å². The van der Waals surface area contributed by atoms with E-state index in [2.05, 4.69) is 10.4 Å². The van der Waals surface area contributed by atoms with Crippen molar-refractivity contribution in [2.45, 2.75) is 13.0 Å². The fraction of sp³-hybridized carbons (Fsp3) is 0.214. The molecule has 0 unspecified atom stereocenters. The van der Waals surface area contributed by atoms with E-state index in [4.69, 9.17) is 5.11 Å². The predicted octanol–water partition coefficient (Wildman–Crippen LogP) is 0.940. The molecular formula is C14H15N3O3. The van der Waals surface area contributed by atoms with Gasteiger partial charge in [0.1, 0.15) is 6.54 Å². The zero-order valence-electron chi connectivity index (χ0n) is 10.8. The summed E-state index contributed by atoms with van der Waals surface area (Å²) in [6, 6.07) is 11.2. The van der Waals surface area contributed by atoms with E-state index in [1.54, 1.807) is 0 Å². The van der Waals surface area contributed by atoms with Gasteiger partial charge >= 0.3 is 5.97 Å². The molecule has 1 aromatic heterocycles. The highest BCUT2D eigenvalue weighted by molar-refractivity contribution is 5.85. The first-order valence-electron chi connectivity index (χ1n) is 6.22. The predicted molar refractivity (Wildman–Crippen MR) is 72.3 cm³/mol. The van der Waals surface area contributed by atoms with Gasteiger partial charge in [-0.15, -0.1) is 0 Å². The van der Waals surface area contributed by atoms with Crippen molar-refractivity contribution in [3.05, 3.63) is 53.9 Å². The second-order valence-electron chi connectivity index (χ2n) is 4.29. The molecule has 6 heteroatoms. The van der Waals surface area contributed by atoms with Crippen LogP contribution in [0.5, 0.6) is 0 Å². The monoisotopic (exact) mass is 273 g/mol. The number of hydrogen-bond donors (Lipinski definition) is 2. The molecule has 0 fully saturated rings. The van der Waals surface area contributed by atoms with Crippen molar-refractivity contribution in [1.29, 1.82) is 0 Å². The number of nitrogens with zero attached hydrogens (tertiary/aromatic N) is 2. The minimum Gasteiger partial charge on any atom is -0.476 e. The van der Waals surface area contributed by atoms with E-state index >= 15 is 0 Å². The largest absolute Gasteiger partial charge is 0.476 e. The normalized spacial score (nSPS) is 10.2. The summed E-state index contributed by atoms with van der Waals surface area (Å²) in [4.78, 5) is 22.3. The molecule has 1 aromatic carbocycles.